The van der Waals surface area contributed by atoms with Gasteiger partial charge in [0.25, 0.3) is 0 Å². The fourth-order valence-corrected chi connectivity index (χ4v) is 3.02. The molecule has 3 nitrogen and oxygen atoms in total. The molecular weight excluding hydrogens is 234 g/mol. The predicted octanol–water partition coefficient (Wildman–Crippen LogP) is 2.30. The fourth-order valence-electron chi connectivity index (χ4n) is 3.02. The van der Waals surface area contributed by atoms with Crippen LogP contribution in [0.5, 0.6) is 0 Å². The molecule has 0 radical (unpaired) electrons. The van der Waals surface area contributed by atoms with Crippen molar-refractivity contribution in [1.82, 2.24) is 10.2 Å². The Bertz CT molecular complexity index is 464. The zero-order valence-corrected chi connectivity index (χ0v) is 12.2. The van der Waals surface area contributed by atoms with Gasteiger partial charge >= 0.3 is 0 Å². The smallest absolute Gasteiger partial charge is 0.0843 e. The maximum absolute atomic E-state index is 8.60. The third-order valence-corrected chi connectivity index (χ3v) is 3.96. The standard InChI is InChI=1S/C16H23N3/c1-12-8-13(2)16(14(3)9-12)11-19-7-4-15(10-19)18-6-5-17/h8-9,15,18H,4,6-7,10-11H2,1-3H3. The molecule has 0 saturated carbocycles. The van der Waals surface area contributed by atoms with Crippen LogP contribution < -0.4 is 5.32 Å². The van der Waals surface area contributed by atoms with E-state index in [9.17, 15) is 0 Å². The SMILES string of the molecule is Cc1cc(C)c(CN2CCC(NCC#N)C2)c(C)c1. The summed E-state index contributed by atoms with van der Waals surface area (Å²) in [5, 5.41) is 11.9. The van der Waals surface area contributed by atoms with E-state index in [-0.39, 0.29) is 0 Å². The zero-order chi connectivity index (χ0) is 13.8. The Hall–Kier alpha value is -1.37. The second-order valence-electron chi connectivity index (χ2n) is 5.64. The maximum Gasteiger partial charge on any atom is 0.0843 e. The van der Waals surface area contributed by atoms with Crippen LogP contribution in [0.4, 0.5) is 0 Å². The Morgan fingerprint density at radius 3 is 2.63 bits per heavy atom. The van der Waals surface area contributed by atoms with Gasteiger partial charge in [0.2, 0.25) is 0 Å². The molecule has 1 saturated heterocycles. The number of hydrogen-bond donors (Lipinski definition) is 1. The highest BCUT2D eigenvalue weighted by atomic mass is 15.2. The number of nitrogens with zero attached hydrogens (tertiary/aromatic N) is 2. The van der Waals surface area contributed by atoms with Crippen molar-refractivity contribution in [3.05, 3.63) is 34.4 Å². The number of benzene rings is 1. The van der Waals surface area contributed by atoms with Crippen LogP contribution in [0.15, 0.2) is 12.1 Å². The number of aryl methyl sites for hydroxylation is 3. The molecule has 0 spiro atoms. The van der Waals surface area contributed by atoms with E-state index in [1.165, 1.54) is 22.3 Å². The summed E-state index contributed by atoms with van der Waals surface area (Å²) in [5.74, 6) is 0. The highest BCUT2D eigenvalue weighted by molar-refractivity contribution is 5.37. The Balaban J connectivity index is 1.98. The molecule has 1 aromatic carbocycles. The first-order chi connectivity index (χ1) is 9.10. The molecule has 1 unspecified atom stereocenters. The minimum Gasteiger partial charge on any atom is -0.300 e. The second-order valence-corrected chi connectivity index (χ2v) is 5.64. The number of rotatable bonds is 4. The van der Waals surface area contributed by atoms with E-state index >= 15 is 0 Å². The average Bonchev–Trinajstić information content (AvgIpc) is 2.79. The van der Waals surface area contributed by atoms with E-state index in [0.29, 0.717) is 12.6 Å². The van der Waals surface area contributed by atoms with Crippen LogP contribution in [0, 0.1) is 32.1 Å². The molecule has 3 heteroatoms. The molecule has 102 valence electrons. The first-order valence-electron chi connectivity index (χ1n) is 6.99. The molecule has 1 fully saturated rings. The van der Waals surface area contributed by atoms with Gasteiger partial charge in [-0.25, -0.2) is 0 Å². The molecule has 1 heterocycles. The van der Waals surface area contributed by atoms with Crippen molar-refractivity contribution in [1.29, 1.82) is 5.26 Å². The van der Waals surface area contributed by atoms with Gasteiger partial charge in [-0.05, 0) is 43.9 Å². The first kappa shape index (κ1) is 14.0. The maximum atomic E-state index is 8.60. The van der Waals surface area contributed by atoms with Crippen molar-refractivity contribution in [2.45, 2.75) is 39.8 Å². The lowest BCUT2D eigenvalue weighted by molar-refractivity contribution is 0.320. The van der Waals surface area contributed by atoms with Gasteiger partial charge in [0, 0.05) is 25.7 Å². The summed E-state index contributed by atoms with van der Waals surface area (Å²) in [5.41, 5.74) is 5.59. The third-order valence-electron chi connectivity index (χ3n) is 3.96. The fraction of sp³-hybridized carbons (Fsp3) is 0.562. The number of nitriles is 1. The van der Waals surface area contributed by atoms with E-state index in [1.807, 2.05) is 0 Å². The predicted molar refractivity (Wildman–Crippen MR) is 78.0 cm³/mol. The van der Waals surface area contributed by atoms with Crippen LogP contribution in [-0.2, 0) is 6.54 Å². The summed E-state index contributed by atoms with van der Waals surface area (Å²) in [4.78, 5) is 2.49. The average molecular weight is 257 g/mol. The summed E-state index contributed by atoms with van der Waals surface area (Å²) in [6, 6.07) is 7.17. The Morgan fingerprint density at radius 2 is 2.00 bits per heavy atom. The van der Waals surface area contributed by atoms with E-state index in [4.69, 9.17) is 5.26 Å². The van der Waals surface area contributed by atoms with Gasteiger partial charge in [0.1, 0.15) is 0 Å². The summed E-state index contributed by atoms with van der Waals surface area (Å²) in [6.07, 6.45) is 1.14. The Labute approximate surface area is 116 Å². The largest absolute Gasteiger partial charge is 0.300 e. The normalized spacial score (nSPS) is 19.6. The van der Waals surface area contributed by atoms with Gasteiger partial charge in [0.15, 0.2) is 0 Å². The van der Waals surface area contributed by atoms with Gasteiger partial charge < -0.3 is 5.32 Å². The lowest BCUT2D eigenvalue weighted by Gasteiger charge is -2.19. The van der Waals surface area contributed by atoms with Crippen LogP contribution in [0.3, 0.4) is 0 Å². The van der Waals surface area contributed by atoms with Gasteiger partial charge in [-0.1, -0.05) is 17.7 Å². The van der Waals surface area contributed by atoms with Crippen LogP contribution in [0.25, 0.3) is 0 Å². The summed E-state index contributed by atoms with van der Waals surface area (Å²) in [6.45, 7) is 10.2. The van der Waals surface area contributed by atoms with Crippen LogP contribution in [0.1, 0.15) is 28.7 Å². The highest BCUT2D eigenvalue weighted by Gasteiger charge is 2.22. The van der Waals surface area contributed by atoms with Crippen molar-refractivity contribution in [3.63, 3.8) is 0 Å². The molecular formula is C16H23N3. The van der Waals surface area contributed by atoms with Gasteiger partial charge in [-0.3, -0.25) is 4.90 Å². The lowest BCUT2D eigenvalue weighted by Crippen LogP contribution is -2.32. The number of likely N-dealkylation sites (tertiary alicyclic amines) is 1. The van der Waals surface area contributed by atoms with Crippen LogP contribution in [0.2, 0.25) is 0 Å². The quantitative estimate of drug-likeness (QED) is 0.841. The molecule has 0 bridgehead atoms. The lowest BCUT2D eigenvalue weighted by atomic mass is 9.99. The molecule has 0 aliphatic carbocycles. The van der Waals surface area contributed by atoms with Crippen molar-refractivity contribution in [2.75, 3.05) is 19.6 Å². The monoisotopic (exact) mass is 257 g/mol. The van der Waals surface area contributed by atoms with Crippen LogP contribution in [-0.4, -0.2) is 30.6 Å². The Kier molecular flexibility index (Phi) is 4.57. The summed E-state index contributed by atoms with van der Waals surface area (Å²) in [7, 11) is 0. The van der Waals surface area contributed by atoms with Crippen molar-refractivity contribution in [3.8, 4) is 6.07 Å². The summed E-state index contributed by atoms with van der Waals surface area (Å²) >= 11 is 0. The minimum absolute atomic E-state index is 0.459. The molecule has 1 N–H and O–H groups in total. The molecule has 0 aromatic heterocycles. The molecule has 1 aliphatic heterocycles. The molecule has 0 amide bonds. The molecule has 2 rings (SSSR count). The zero-order valence-electron chi connectivity index (χ0n) is 12.2. The number of hydrogen-bond acceptors (Lipinski definition) is 3. The molecule has 19 heavy (non-hydrogen) atoms. The van der Waals surface area contributed by atoms with E-state index in [1.54, 1.807) is 0 Å². The van der Waals surface area contributed by atoms with Gasteiger partial charge in [-0.2, -0.15) is 5.26 Å². The highest BCUT2D eigenvalue weighted by Crippen LogP contribution is 2.20. The van der Waals surface area contributed by atoms with E-state index in [2.05, 4.69) is 49.2 Å². The number of nitrogens with one attached hydrogen (secondary N) is 1. The Morgan fingerprint density at radius 1 is 1.32 bits per heavy atom. The van der Waals surface area contributed by atoms with Crippen molar-refractivity contribution < 1.29 is 0 Å². The molecule has 1 atom stereocenters. The minimum atomic E-state index is 0.459. The topological polar surface area (TPSA) is 39.1 Å². The van der Waals surface area contributed by atoms with Gasteiger partial charge in [-0.15, -0.1) is 0 Å². The third kappa shape index (κ3) is 3.56. The first-order valence-corrected chi connectivity index (χ1v) is 6.99. The second kappa shape index (κ2) is 6.18. The van der Waals surface area contributed by atoms with E-state index < -0.39 is 0 Å². The van der Waals surface area contributed by atoms with Gasteiger partial charge in [0.05, 0.1) is 12.6 Å². The molecule has 1 aliphatic rings. The van der Waals surface area contributed by atoms with E-state index in [0.717, 1.165) is 26.1 Å². The van der Waals surface area contributed by atoms with Crippen molar-refractivity contribution in [2.24, 2.45) is 0 Å². The van der Waals surface area contributed by atoms with Crippen molar-refractivity contribution >= 4 is 0 Å². The van der Waals surface area contributed by atoms with Crippen LogP contribution >= 0.6 is 0 Å². The summed E-state index contributed by atoms with van der Waals surface area (Å²) < 4.78 is 0. The molecule has 1 aromatic rings.